The number of hydrogen-bond donors (Lipinski definition) is 2. The Hall–Kier alpha value is -2.86. The fraction of sp³-hybridized carbons (Fsp3) is 0.190. The highest BCUT2D eigenvalue weighted by Gasteiger charge is 2.15. The van der Waals surface area contributed by atoms with Crippen LogP contribution in [0.5, 0.6) is 5.75 Å². The predicted octanol–water partition coefficient (Wildman–Crippen LogP) is 4.77. The van der Waals surface area contributed by atoms with E-state index in [-0.39, 0.29) is 40.6 Å². The minimum Gasteiger partial charge on any atom is -0.482 e. The van der Waals surface area contributed by atoms with Gasteiger partial charge < -0.3 is 14.8 Å². The fourth-order valence-corrected chi connectivity index (χ4v) is 4.53. The number of nitrogens with zero attached hydrogens (tertiary/aromatic N) is 2. The summed E-state index contributed by atoms with van der Waals surface area (Å²) in [5.74, 6) is -0.955. The third-order valence-corrected chi connectivity index (χ3v) is 6.43. The lowest BCUT2D eigenvalue weighted by Gasteiger charge is -2.09. The van der Waals surface area contributed by atoms with Crippen LogP contribution in [0.1, 0.15) is 17.3 Å². The Kier molecular flexibility index (Phi) is 9.52. The average molecular weight is 541 g/mol. The van der Waals surface area contributed by atoms with Gasteiger partial charge in [0.15, 0.2) is 10.9 Å². The molecule has 0 unspecified atom stereocenters. The second-order valence-electron chi connectivity index (χ2n) is 6.39. The van der Waals surface area contributed by atoms with E-state index in [1.165, 1.54) is 6.07 Å². The number of para-hydroxylation sites is 1. The molecule has 0 aliphatic carbocycles. The van der Waals surface area contributed by atoms with Crippen molar-refractivity contribution in [1.82, 2.24) is 10.2 Å². The van der Waals surface area contributed by atoms with Crippen LogP contribution in [0.2, 0.25) is 10.0 Å². The summed E-state index contributed by atoms with van der Waals surface area (Å²) < 4.78 is 10.8. The van der Waals surface area contributed by atoms with Crippen LogP contribution in [-0.2, 0) is 14.3 Å². The molecule has 0 atom stereocenters. The van der Waals surface area contributed by atoms with Crippen molar-refractivity contribution in [3.05, 3.63) is 58.1 Å². The van der Waals surface area contributed by atoms with E-state index in [0.29, 0.717) is 20.8 Å². The molecule has 13 heteroatoms. The number of rotatable bonds is 10. The number of esters is 1. The highest BCUT2D eigenvalue weighted by molar-refractivity contribution is 8.01. The lowest BCUT2D eigenvalue weighted by molar-refractivity contribution is -0.118. The standard InChI is InChI=1S/C21H18Cl2N4O5S2/c1-2-31-19(30)13-5-3-4-6-15(13)24-18(29)11-33-21-27-26-20(34-21)25-17(28)10-32-16-8-7-12(22)9-14(16)23/h3-9H,2,10-11H2,1H3,(H,24,29)(H,25,26,28). The van der Waals surface area contributed by atoms with Gasteiger partial charge in [-0.05, 0) is 37.3 Å². The van der Waals surface area contributed by atoms with Gasteiger partial charge in [0.25, 0.3) is 5.91 Å². The van der Waals surface area contributed by atoms with Crippen molar-refractivity contribution in [3.63, 3.8) is 0 Å². The summed E-state index contributed by atoms with van der Waals surface area (Å²) in [6, 6.07) is 11.3. The molecule has 3 rings (SSSR count). The number of ether oxygens (including phenoxy) is 2. The molecule has 3 aromatic rings. The molecule has 0 saturated carbocycles. The number of halogens is 2. The summed E-state index contributed by atoms with van der Waals surface area (Å²) in [6.45, 7) is 1.65. The molecular weight excluding hydrogens is 523 g/mol. The first kappa shape index (κ1) is 25.8. The molecule has 2 N–H and O–H groups in total. The zero-order chi connectivity index (χ0) is 24.5. The Morgan fingerprint density at radius 1 is 1.06 bits per heavy atom. The maximum atomic E-state index is 12.3. The summed E-state index contributed by atoms with van der Waals surface area (Å²) in [5, 5.41) is 14.1. The Morgan fingerprint density at radius 2 is 1.85 bits per heavy atom. The summed E-state index contributed by atoms with van der Waals surface area (Å²) in [5.41, 5.74) is 0.628. The summed E-state index contributed by atoms with van der Waals surface area (Å²) in [6.07, 6.45) is 0. The highest BCUT2D eigenvalue weighted by atomic mass is 35.5. The molecule has 2 amide bonds. The minimum absolute atomic E-state index is 0.0257. The summed E-state index contributed by atoms with van der Waals surface area (Å²) >= 11 is 14.1. The van der Waals surface area contributed by atoms with Crippen LogP contribution in [0, 0.1) is 0 Å². The van der Waals surface area contributed by atoms with Crippen LogP contribution in [0.3, 0.4) is 0 Å². The van der Waals surface area contributed by atoms with Crippen molar-refractivity contribution in [1.29, 1.82) is 0 Å². The van der Waals surface area contributed by atoms with Crippen molar-refractivity contribution < 1.29 is 23.9 Å². The topological polar surface area (TPSA) is 120 Å². The normalized spacial score (nSPS) is 10.4. The number of carbonyl (C=O) groups is 3. The van der Waals surface area contributed by atoms with Gasteiger partial charge in [0.1, 0.15) is 5.75 Å². The van der Waals surface area contributed by atoms with Crippen molar-refractivity contribution >= 4 is 74.9 Å². The predicted molar refractivity (Wildman–Crippen MR) is 132 cm³/mol. The van der Waals surface area contributed by atoms with E-state index in [4.69, 9.17) is 32.7 Å². The monoisotopic (exact) mass is 540 g/mol. The Bertz CT molecular complexity index is 1190. The number of hydrogen-bond acceptors (Lipinski definition) is 9. The van der Waals surface area contributed by atoms with Crippen LogP contribution >= 0.6 is 46.3 Å². The van der Waals surface area contributed by atoms with Gasteiger partial charge in [0, 0.05) is 5.02 Å². The van der Waals surface area contributed by atoms with E-state index >= 15 is 0 Å². The maximum absolute atomic E-state index is 12.3. The van der Waals surface area contributed by atoms with Gasteiger partial charge in [0.2, 0.25) is 11.0 Å². The van der Waals surface area contributed by atoms with E-state index < -0.39 is 11.9 Å². The number of aromatic nitrogens is 2. The molecule has 0 aliphatic rings. The Balaban J connectivity index is 1.47. The second kappa shape index (κ2) is 12.6. The van der Waals surface area contributed by atoms with Crippen LogP contribution in [0.15, 0.2) is 46.8 Å². The summed E-state index contributed by atoms with van der Waals surface area (Å²) in [7, 11) is 0. The van der Waals surface area contributed by atoms with Crippen LogP contribution < -0.4 is 15.4 Å². The quantitative estimate of drug-likeness (QED) is 0.214. The van der Waals surface area contributed by atoms with Crippen molar-refractivity contribution in [2.75, 3.05) is 29.6 Å². The van der Waals surface area contributed by atoms with E-state index in [0.717, 1.165) is 23.1 Å². The number of nitrogens with one attached hydrogen (secondary N) is 2. The first-order valence-electron chi connectivity index (χ1n) is 9.75. The maximum Gasteiger partial charge on any atom is 0.340 e. The molecule has 1 aromatic heterocycles. The van der Waals surface area contributed by atoms with Gasteiger partial charge in [-0.2, -0.15) is 0 Å². The molecule has 1 heterocycles. The molecule has 0 spiro atoms. The van der Waals surface area contributed by atoms with E-state index in [1.54, 1.807) is 43.3 Å². The fourth-order valence-electron chi connectivity index (χ4n) is 2.50. The lowest BCUT2D eigenvalue weighted by atomic mass is 10.2. The van der Waals surface area contributed by atoms with E-state index in [9.17, 15) is 14.4 Å². The zero-order valence-electron chi connectivity index (χ0n) is 17.7. The van der Waals surface area contributed by atoms with Crippen LogP contribution in [0.25, 0.3) is 0 Å². The first-order chi connectivity index (χ1) is 16.4. The molecule has 0 radical (unpaired) electrons. The van der Waals surface area contributed by atoms with Crippen molar-refractivity contribution in [2.24, 2.45) is 0 Å². The number of benzene rings is 2. The van der Waals surface area contributed by atoms with Gasteiger partial charge >= 0.3 is 5.97 Å². The van der Waals surface area contributed by atoms with Gasteiger partial charge in [-0.3, -0.25) is 14.9 Å². The second-order valence-corrected chi connectivity index (χ2v) is 9.43. The van der Waals surface area contributed by atoms with Crippen molar-refractivity contribution in [2.45, 2.75) is 11.3 Å². The lowest BCUT2D eigenvalue weighted by Crippen LogP contribution is -2.20. The van der Waals surface area contributed by atoms with Gasteiger partial charge in [-0.1, -0.05) is 58.4 Å². The number of thioether (sulfide) groups is 1. The van der Waals surface area contributed by atoms with Crippen LogP contribution in [0.4, 0.5) is 10.8 Å². The average Bonchev–Trinajstić information content (AvgIpc) is 3.25. The van der Waals surface area contributed by atoms with E-state index in [1.807, 2.05) is 0 Å². The van der Waals surface area contributed by atoms with Gasteiger partial charge in [-0.15, -0.1) is 10.2 Å². The smallest absolute Gasteiger partial charge is 0.340 e. The number of carbonyl (C=O) groups excluding carboxylic acids is 3. The summed E-state index contributed by atoms with van der Waals surface area (Å²) in [4.78, 5) is 36.5. The molecule has 2 aromatic carbocycles. The zero-order valence-corrected chi connectivity index (χ0v) is 20.8. The van der Waals surface area contributed by atoms with Crippen LogP contribution in [-0.4, -0.2) is 46.9 Å². The molecule has 0 saturated heterocycles. The molecule has 0 bridgehead atoms. The molecular formula is C21H18Cl2N4O5S2. The third-order valence-electron chi connectivity index (χ3n) is 3.93. The largest absolute Gasteiger partial charge is 0.482 e. The van der Waals surface area contributed by atoms with Gasteiger partial charge in [-0.25, -0.2) is 4.79 Å². The minimum atomic E-state index is -0.516. The van der Waals surface area contributed by atoms with Gasteiger partial charge in [0.05, 0.1) is 28.6 Å². The Morgan fingerprint density at radius 3 is 2.62 bits per heavy atom. The molecule has 178 valence electrons. The molecule has 0 aliphatic heterocycles. The number of amides is 2. The third kappa shape index (κ3) is 7.59. The first-order valence-corrected chi connectivity index (χ1v) is 12.3. The Labute approximate surface area is 213 Å². The SMILES string of the molecule is CCOC(=O)c1ccccc1NC(=O)CSc1nnc(NC(=O)COc2ccc(Cl)cc2Cl)s1. The highest BCUT2D eigenvalue weighted by Crippen LogP contribution is 2.28. The molecule has 0 fully saturated rings. The molecule has 9 nitrogen and oxygen atoms in total. The van der Waals surface area contributed by atoms with E-state index in [2.05, 4.69) is 20.8 Å². The molecule has 34 heavy (non-hydrogen) atoms. The van der Waals surface area contributed by atoms with Crippen molar-refractivity contribution in [3.8, 4) is 5.75 Å². The number of anilines is 2.